The number of aromatic nitrogens is 2. The van der Waals surface area contributed by atoms with Gasteiger partial charge in [0, 0.05) is 24.5 Å². The van der Waals surface area contributed by atoms with Crippen molar-refractivity contribution < 1.29 is 0 Å². The third kappa shape index (κ3) is 3.43. The number of nitrogens with one attached hydrogen (secondary N) is 2. The first kappa shape index (κ1) is 11.3. The van der Waals surface area contributed by atoms with Crippen molar-refractivity contribution in [2.45, 2.75) is 19.4 Å². The molecule has 0 atom stereocenters. The standard InChI is InChI=1S/C11H19N5/c12-11-15-7-10(8-16-11)6-14-5-9-1-3-13-4-2-9/h7-9,13-14H,1-6H2,(H2,12,15,16). The van der Waals surface area contributed by atoms with Gasteiger partial charge in [0.1, 0.15) is 0 Å². The van der Waals surface area contributed by atoms with E-state index in [9.17, 15) is 0 Å². The smallest absolute Gasteiger partial charge is 0.219 e. The number of hydrogen-bond donors (Lipinski definition) is 3. The van der Waals surface area contributed by atoms with E-state index >= 15 is 0 Å². The predicted octanol–water partition coefficient (Wildman–Crippen LogP) is 0.148. The summed E-state index contributed by atoms with van der Waals surface area (Å²) in [5, 5.41) is 6.81. The lowest BCUT2D eigenvalue weighted by Gasteiger charge is -2.22. The molecule has 0 bridgehead atoms. The molecule has 1 aliphatic heterocycles. The number of hydrogen-bond acceptors (Lipinski definition) is 5. The quantitative estimate of drug-likeness (QED) is 0.674. The summed E-state index contributed by atoms with van der Waals surface area (Å²) in [5.41, 5.74) is 6.51. The molecule has 0 radical (unpaired) electrons. The van der Waals surface area contributed by atoms with Gasteiger partial charge in [-0.25, -0.2) is 9.97 Å². The summed E-state index contributed by atoms with van der Waals surface area (Å²) in [7, 11) is 0. The zero-order chi connectivity index (χ0) is 11.2. The van der Waals surface area contributed by atoms with E-state index in [2.05, 4.69) is 20.6 Å². The van der Waals surface area contributed by atoms with E-state index in [1.54, 1.807) is 12.4 Å². The van der Waals surface area contributed by atoms with Gasteiger partial charge in [-0.3, -0.25) is 0 Å². The van der Waals surface area contributed by atoms with Crippen LogP contribution in [0.15, 0.2) is 12.4 Å². The van der Waals surface area contributed by atoms with Crippen LogP contribution in [0.4, 0.5) is 5.95 Å². The van der Waals surface area contributed by atoms with Gasteiger partial charge in [-0.2, -0.15) is 0 Å². The molecule has 0 amide bonds. The first-order chi connectivity index (χ1) is 7.84. The Hall–Kier alpha value is -1.20. The molecule has 88 valence electrons. The Morgan fingerprint density at radius 3 is 2.69 bits per heavy atom. The fourth-order valence-corrected chi connectivity index (χ4v) is 1.96. The molecule has 2 heterocycles. The molecular weight excluding hydrogens is 202 g/mol. The number of nitrogens with zero attached hydrogens (tertiary/aromatic N) is 2. The van der Waals surface area contributed by atoms with E-state index in [-0.39, 0.29) is 0 Å². The minimum Gasteiger partial charge on any atom is -0.368 e. The zero-order valence-electron chi connectivity index (χ0n) is 9.45. The molecule has 1 fully saturated rings. The molecule has 0 unspecified atom stereocenters. The molecule has 0 spiro atoms. The molecule has 16 heavy (non-hydrogen) atoms. The summed E-state index contributed by atoms with van der Waals surface area (Å²) in [5.74, 6) is 1.14. The molecule has 1 saturated heterocycles. The predicted molar refractivity (Wildman–Crippen MR) is 63.7 cm³/mol. The molecule has 1 aliphatic rings. The van der Waals surface area contributed by atoms with Gasteiger partial charge >= 0.3 is 0 Å². The lowest BCUT2D eigenvalue weighted by Crippen LogP contribution is -2.33. The van der Waals surface area contributed by atoms with Gasteiger partial charge in [0.25, 0.3) is 0 Å². The largest absolute Gasteiger partial charge is 0.368 e. The molecule has 0 aromatic carbocycles. The second-order valence-electron chi connectivity index (χ2n) is 4.27. The van der Waals surface area contributed by atoms with E-state index in [4.69, 9.17) is 5.73 Å². The van der Waals surface area contributed by atoms with Crippen molar-refractivity contribution in [3.8, 4) is 0 Å². The molecule has 0 aliphatic carbocycles. The van der Waals surface area contributed by atoms with Crippen LogP contribution in [0.3, 0.4) is 0 Å². The third-order valence-electron chi connectivity index (χ3n) is 2.95. The summed E-state index contributed by atoms with van der Waals surface area (Å²) >= 11 is 0. The van der Waals surface area contributed by atoms with Crippen molar-refractivity contribution in [1.29, 1.82) is 0 Å². The minimum atomic E-state index is 0.335. The molecular formula is C11H19N5. The highest BCUT2D eigenvalue weighted by molar-refractivity contribution is 5.16. The number of rotatable bonds is 4. The van der Waals surface area contributed by atoms with E-state index in [0.29, 0.717) is 5.95 Å². The molecule has 0 saturated carbocycles. The summed E-state index contributed by atoms with van der Waals surface area (Å²) in [6.07, 6.45) is 6.09. The fourth-order valence-electron chi connectivity index (χ4n) is 1.96. The van der Waals surface area contributed by atoms with Gasteiger partial charge in [0.05, 0.1) is 0 Å². The Morgan fingerprint density at radius 2 is 2.00 bits per heavy atom. The van der Waals surface area contributed by atoms with Crippen molar-refractivity contribution in [3.05, 3.63) is 18.0 Å². The SMILES string of the molecule is Nc1ncc(CNCC2CCNCC2)cn1. The lowest BCUT2D eigenvalue weighted by atomic mass is 9.98. The van der Waals surface area contributed by atoms with Crippen molar-refractivity contribution in [1.82, 2.24) is 20.6 Å². The molecule has 5 nitrogen and oxygen atoms in total. The van der Waals surface area contributed by atoms with Gasteiger partial charge in [0.2, 0.25) is 5.95 Å². The van der Waals surface area contributed by atoms with Gasteiger partial charge in [-0.05, 0) is 38.4 Å². The van der Waals surface area contributed by atoms with Crippen LogP contribution in [-0.4, -0.2) is 29.6 Å². The van der Waals surface area contributed by atoms with Crippen LogP contribution in [0.5, 0.6) is 0 Å². The third-order valence-corrected chi connectivity index (χ3v) is 2.95. The van der Waals surface area contributed by atoms with Crippen molar-refractivity contribution in [2.24, 2.45) is 5.92 Å². The van der Waals surface area contributed by atoms with E-state index in [1.165, 1.54) is 12.8 Å². The highest BCUT2D eigenvalue weighted by Gasteiger charge is 2.11. The van der Waals surface area contributed by atoms with Gasteiger partial charge in [-0.1, -0.05) is 0 Å². The Labute approximate surface area is 95.9 Å². The van der Waals surface area contributed by atoms with Crippen molar-refractivity contribution in [3.63, 3.8) is 0 Å². The van der Waals surface area contributed by atoms with E-state index in [0.717, 1.165) is 37.7 Å². The monoisotopic (exact) mass is 221 g/mol. The first-order valence-corrected chi connectivity index (χ1v) is 5.82. The van der Waals surface area contributed by atoms with Crippen LogP contribution in [0, 0.1) is 5.92 Å². The van der Waals surface area contributed by atoms with E-state index < -0.39 is 0 Å². The Kier molecular flexibility index (Phi) is 4.07. The molecule has 4 N–H and O–H groups in total. The van der Waals surface area contributed by atoms with Gasteiger partial charge < -0.3 is 16.4 Å². The number of nitrogens with two attached hydrogens (primary N) is 1. The fraction of sp³-hybridized carbons (Fsp3) is 0.636. The molecule has 5 heteroatoms. The highest BCUT2D eigenvalue weighted by atomic mass is 15.0. The van der Waals surface area contributed by atoms with Crippen LogP contribution in [0.25, 0.3) is 0 Å². The maximum atomic E-state index is 5.42. The number of piperidine rings is 1. The summed E-state index contributed by atoms with van der Waals surface area (Å²) in [4.78, 5) is 7.92. The summed E-state index contributed by atoms with van der Waals surface area (Å²) in [6.45, 7) is 4.20. The van der Waals surface area contributed by atoms with E-state index in [1.807, 2.05) is 0 Å². The average Bonchev–Trinajstić information content (AvgIpc) is 2.33. The van der Waals surface area contributed by atoms with Gasteiger partial charge in [-0.15, -0.1) is 0 Å². The van der Waals surface area contributed by atoms with Crippen LogP contribution in [0.2, 0.25) is 0 Å². The maximum Gasteiger partial charge on any atom is 0.219 e. The van der Waals surface area contributed by atoms with Crippen LogP contribution < -0.4 is 16.4 Å². The van der Waals surface area contributed by atoms with Crippen LogP contribution in [0.1, 0.15) is 18.4 Å². The summed E-state index contributed by atoms with van der Waals surface area (Å²) in [6, 6.07) is 0. The Morgan fingerprint density at radius 1 is 1.31 bits per heavy atom. The first-order valence-electron chi connectivity index (χ1n) is 5.82. The number of nitrogen functional groups attached to an aromatic ring is 1. The van der Waals surface area contributed by atoms with Crippen LogP contribution in [-0.2, 0) is 6.54 Å². The average molecular weight is 221 g/mol. The molecule has 1 aromatic heterocycles. The normalized spacial score (nSPS) is 17.5. The van der Waals surface area contributed by atoms with Crippen molar-refractivity contribution >= 4 is 5.95 Å². The van der Waals surface area contributed by atoms with Crippen molar-refractivity contribution in [2.75, 3.05) is 25.4 Å². The second-order valence-corrected chi connectivity index (χ2v) is 4.27. The van der Waals surface area contributed by atoms with Gasteiger partial charge in [0.15, 0.2) is 0 Å². The second kappa shape index (κ2) is 5.77. The topological polar surface area (TPSA) is 75.9 Å². The Bertz CT molecular complexity index is 305. The minimum absolute atomic E-state index is 0.335. The zero-order valence-corrected chi connectivity index (χ0v) is 9.45. The Balaban J connectivity index is 1.69. The highest BCUT2D eigenvalue weighted by Crippen LogP contribution is 2.10. The number of anilines is 1. The van der Waals surface area contributed by atoms with Crippen LogP contribution >= 0.6 is 0 Å². The summed E-state index contributed by atoms with van der Waals surface area (Å²) < 4.78 is 0. The molecule has 1 aromatic rings. The maximum absolute atomic E-state index is 5.42. The molecule has 2 rings (SSSR count). The lowest BCUT2D eigenvalue weighted by molar-refractivity contribution is 0.356.